The highest BCUT2D eigenvalue weighted by atomic mass is 16.5. The molecule has 35 heavy (non-hydrogen) atoms. The molecule has 0 saturated carbocycles. The largest absolute Gasteiger partial charge is 0.489 e. The highest BCUT2D eigenvalue weighted by Gasteiger charge is 2.12. The summed E-state index contributed by atoms with van der Waals surface area (Å²) >= 11 is 0. The van der Waals surface area contributed by atoms with Crippen LogP contribution in [0.15, 0.2) is 82.0 Å². The highest BCUT2D eigenvalue weighted by molar-refractivity contribution is 5.96. The number of esters is 1. The fourth-order valence-electron chi connectivity index (χ4n) is 3.39. The summed E-state index contributed by atoms with van der Waals surface area (Å²) in [6.45, 7) is 1.59. The van der Waals surface area contributed by atoms with Gasteiger partial charge < -0.3 is 19.2 Å². The number of anilines is 1. The van der Waals surface area contributed by atoms with Crippen molar-refractivity contribution in [1.29, 1.82) is 5.26 Å². The summed E-state index contributed by atoms with van der Waals surface area (Å²) in [5.41, 5.74) is 2.61. The first kappa shape index (κ1) is 23.3. The van der Waals surface area contributed by atoms with Gasteiger partial charge in [-0.15, -0.1) is 0 Å². The third-order valence-electron chi connectivity index (χ3n) is 5.17. The van der Waals surface area contributed by atoms with Crippen molar-refractivity contribution >= 4 is 28.5 Å². The number of aryl methyl sites for hydroxylation is 1. The Morgan fingerprint density at radius 1 is 1.03 bits per heavy atom. The van der Waals surface area contributed by atoms with E-state index in [1.165, 1.54) is 6.07 Å². The summed E-state index contributed by atoms with van der Waals surface area (Å²) in [5, 5.41) is 12.5. The number of nitriles is 1. The van der Waals surface area contributed by atoms with Crippen molar-refractivity contribution in [2.75, 3.05) is 11.9 Å². The molecule has 1 aromatic heterocycles. The van der Waals surface area contributed by atoms with Crippen LogP contribution in [0, 0.1) is 18.3 Å². The average molecular weight is 468 g/mol. The van der Waals surface area contributed by atoms with Crippen LogP contribution in [0.3, 0.4) is 0 Å². The number of ether oxygens (including phenoxy) is 2. The van der Waals surface area contributed by atoms with Crippen molar-refractivity contribution in [2.24, 2.45) is 0 Å². The first-order chi connectivity index (χ1) is 16.9. The molecule has 1 amide bonds. The second kappa shape index (κ2) is 10.4. The van der Waals surface area contributed by atoms with Crippen LogP contribution in [-0.2, 0) is 16.1 Å². The first-order valence-electron chi connectivity index (χ1n) is 10.7. The molecule has 0 bridgehead atoms. The Bertz CT molecular complexity index is 1500. The molecule has 8 nitrogen and oxygen atoms in total. The monoisotopic (exact) mass is 468 g/mol. The molecule has 0 aliphatic rings. The molecule has 4 aromatic rings. The molecule has 8 heteroatoms. The molecule has 0 aliphatic carbocycles. The average Bonchev–Trinajstić information content (AvgIpc) is 2.86. The number of carbonyl (C=O) groups is 2. The van der Waals surface area contributed by atoms with Gasteiger partial charge in [0.15, 0.2) is 6.61 Å². The fourth-order valence-corrected chi connectivity index (χ4v) is 3.39. The van der Waals surface area contributed by atoms with E-state index in [4.69, 9.17) is 19.2 Å². The van der Waals surface area contributed by atoms with Crippen molar-refractivity contribution in [1.82, 2.24) is 0 Å². The summed E-state index contributed by atoms with van der Waals surface area (Å²) in [4.78, 5) is 35.9. The van der Waals surface area contributed by atoms with Gasteiger partial charge in [0.1, 0.15) is 24.0 Å². The van der Waals surface area contributed by atoms with Gasteiger partial charge in [-0.05, 0) is 54.4 Å². The summed E-state index contributed by atoms with van der Waals surface area (Å²) in [5.74, 6) is -0.660. The van der Waals surface area contributed by atoms with E-state index in [2.05, 4.69) is 5.32 Å². The number of rotatable bonds is 7. The zero-order valence-electron chi connectivity index (χ0n) is 18.7. The van der Waals surface area contributed by atoms with Gasteiger partial charge in [0.05, 0.1) is 16.8 Å². The summed E-state index contributed by atoms with van der Waals surface area (Å²) in [6.07, 6.45) is 0. The lowest BCUT2D eigenvalue weighted by Gasteiger charge is -2.09. The molecule has 0 spiro atoms. The van der Waals surface area contributed by atoms with E-state index in [-0.39, 0.29) is 12.2 Å². The maximum Gasteiger partial charge on any atom is 0.338 e. The molecule has 0 fully saturated rings. The number of hydrogen-bond acceptors (Lipinski definition) is 7. The zero-order chi connectivity index (χ0) is 24.8. The lowest BCUT2D eigenvalue weighted by molar-refractivity contribution is -0.119. The molecule has 4 rings (SSSR count). The van der Waals surface area contributed by atoms with Crippen molar-refractivity contribution in [3.05, 3.63) is 105 Å². The molecule has 0 radical (unpaired) electrons. The molecular weight excluding hydrogens is 448 g/mol. The van der Waals surface area contributed by atoms with Gasteiger partial charge in [0, 0.05) is 17.5 Å². The molecule has 0 atom stereocenters. The lowest BCUT2D eigenvalue weighted by Crippen LogP contribution is -2.21. The quantitative estimate of drug-likeness (QED) is 0.316. The predicted molar refractivity (Wildman–Crippen MR) is 128 cm³/mol. The van der Waals surface area contributed by atoms with Crippen LogP contribution in [0.25, 0.3) is 11.0 Å². The highest BCUT2D eigenvalue weighted by Crippen LogP contribution is 2.23. The summed E-state index contributed by atoms with van der Waals surface area (Å²) in [6, 6.07) is 21.8. The Labute approximate surface area is 200 Å². The van der Waals surface area contributed by atoms with Crippen molar-refractivity contribution in [3.63, 3.8) is 0 Å². The van der Waals surface area contributed by atoms with E-state index >= 15 is 0 Å². The van der Waals surface area contributed by atoms with E-state index in [0.29, 0.717) is 22.6 Å². The van der Waals surface area contributed by atoms with E-state index in [0.717, 1.165) is 16.5 Å². The lowest BCUT2D eigenvalue weighted by atomic mass is 10.1. The minimum atomic E-state index is -0.652. The van der Waals surface area contributed by atoms with Crippen LogP contribution in [-0.4, -0.2) is 18.5 Å². The molecule has 1 heterocycles. The van der Waals surface area contributed by atoms with Crippen LogP contribution in [0.2, 0.25) is 0 Å². The second-order valence-corrected chi connectivity index (χ2v) is 7.67. The third-order valence-corrected chi connectivity index (χ3v) is 5.17. The van der Waals surface area contributed by atoms with Crippen molar-refractivity contribution in [3.8, 4) is 11.8 Å². The number of amides is 1. The van der Waals surface area contributed by atoms with E-state index in [9.17, 15) is 14.4 Å². The number of benzene rings is 3. The molecular formula is C27H20N2O6. The van der Waals surface area contributed by atoms with Gasteiger partial charge in [-0.25, -0.2) is 9.59 Å². The maximum absolute atomic E-state index is 12.3. The Morgan fingerprint density at radius 3 is 2.57 bits per heavy atom. The number of para-hydroxylation sites is 1. The van der Waals surface area contributed by atoms with Crippen LogP contribution in [0.1, 0.15) is 27.0 Å². The SMILES string of the molecule is Cc1cc(=O)oc2cc(OCc3ccc(C(=O)OCC(=O)Nc4ccccc4C#N)cc3)ccc12. The van der Waals surface area contributed by atoms with Crippen LogP contribution < -0.4 is 15.7 Å². The number of nitrogens with one attached hydrogen (secondary N) is 1. The second-order valence-electron chi connectivity index (χ2n) is 7.67. The van der Waals surface area contributed by atoms with Crippen LogP contribution in [0.4, 0.5) is 5.69 Å². The number of hydrogen-bond donors (Lipinski definition) is 1. The van der Waals surface area contributed by atoms with Gasteiger partial charge >= 0.3 is 11.6 Å². The minimum absolute atomic E-state index is 0.234. The van der Waals surface area contributed by atoms with E-state index < -0.39 is 24.1 Å². The van der Waals surface area contributed by atoms with Crippen LogP contribution in [0.5, 0.6) is 5.75 Å². The number of fused-ring (bicyclic) bond motifs is 1. The van der Waals surface area contributed by atoms with Crippen molar-refractivity contribution < 1.29 is 23.5 Å². The molecule has 3 aromatic carbocycles. The summed E-state index contributed by atoms with van der Waals surface area (Å²) < 4.78 is 16.1. The van der Waals surface area contributed by atoms with Gasteiger partial charge in [-0.3, -0.25) is 4.79 Å². The molecule has 0 saturated heterocycles. The first-order valence-corrected chi connectivity index (χ1v) is 10.7. The minimum Gasteiger partial charge on any atom is -0.489 e. The van der Waals surface area contributed by atoms with Crippen LogP contribution >= 0.6 is 0 Å². The molecule has 0 unspecified atom stereocenters. The predicted octanol–water partition coefficient (Wildman–Crippen LogP) is 4.35. The van der Waals surface area contributed by atoms with E-state index in [1.807, 2.05) is 19.1 Å². The Morgan fingerprint density at radius 2 is 1.80 bits per heavy atom. The normalized spacial score (nSPS) is 10.4. The number of nitrogens with zero attached hydrogens (tertiary/aromatic N) is 1. The molecule has 174 valence electrons. The van der Waals surface area contributed by atoms with Gasteiger partial charge in [0.25, 0.3) is 5.91 Å². The zero-order valence-corrected chi connectivity index (χ0v) is 18.7. The smallest absolute Gasteiger partial charge is 0.338 e. The molecule has 0 aliphatic heterocycles. The number of carbonyl (C=O) groups excluding carboxylic acids is 2. The Kier molecular flexibility index (Phi) is 6.88. The standard InChI is InChI=1S/C27H20N2O6/c1-17-12-26(31)35-24-13-21(10-11-22(17)24)33-15-18-6-8-19(9-7-18)27(32)34-16-25(30)29-23-5-3-2-4-20(23)14-28/h2-13H,15-16H2,1H3,(H,29,30). The Hall–Kier alpha value is -4.90. The maximum atomic E-state index is 12.3. The summed E-state index contributed by atoms with van der Waals surface area (Å²) in [7, 11) is 0. The van der Waals surface area contributed by atoms with E-state index in [1.54, 1.807) is 60.7 Å². The van der Waals surface area contributed by atoms with Gasteiger partial charge in [-0.2, -0.15) is 5.26 Å². The Balaban J connectivity index is 1.31. The molecule has 1 N–H and O–H groups in total. The van der Waals surface area contributed by atoms with Gasteiger partial charge in [-0.1, -0.05) is 24.3 Å². The fraction of sp³-hybridized carbons (Fsp3) is 0.111. The van der Waals surface area contributed by atoms with Crippen molar-refractivity contribution in [2.45, 2.75) is 13.5 Å². The van der Waals surface area contributed by atoms with Gasteiger partial charge in [0.2, 0.25) is 0 Å². The third kappa shape index (κ3) is 5.72. The topological polar surface area (TPSA) is 119 Å².